The van der Waals surface area contributed by atoms with Crippen LogP contribution in [0.25, 0.3) is 0 Å². The number of hydrogen-bond donors (Lipinski definition) is 3. The summed E-state index contributed by atoms with van der Waals surface area (Å²) in [5.74, 6) is -1.43. The Morgan fingerprint density at radius 1 is 1.15 bits per heavy atom. The molecule has 0 bridgehead atoms. The molecule has 0 spiro atoms. The van der Waals surface area contributed by atoms with Crippen LogP contribution in [0, 0.1) is 0 Å². The van der Waals surface area contributed by atoms with Gasteiger partial charge in [-0.3, -0.25) is 14.5 Å². The van der Waals surface area contributed by atoms with Gasteiger partial charge in [-0.25, -0.2) is 0 Å². The topological polar surface area (TPSA) is 94.1 Å². The Morgan fingerprint density at radius 3 is 2.35 bits per heavy atom. The van der Waals surface area contributed by atoms with Crippen molar-refractivity contribution in [1.29, 1.82) is 0 Å². The standard InChI is InChI=1S/C18H28N4O4/c1-21(2)15-5-3-14(4-6-15)16(22-8-11-26-12-9-22)13-20-18(25)17(24)19-7-10-23/h3-6,16,23H,7-13H2,1-2H3,(H,19,24)(H,20,25)/t16-/m1/s1. The normalized spacial score (nSPS) is 16.0. The van der Waals surface area contributed by atoms with Gasteiger partial charge in [0.2, 0.25) is 0 Å². The highest BCUT2D eigenvalue weighted by Crippen LogP contribution is 2.23. The first kappa shape index (κ1) is 20.2. The van der Waals surface area contributed by atoms with E-state index in [1.165, 1.54) is 0 Å². The highest BCUT2D eigenvalue weighted by Gasteiger charge is 2.24. The van der Waals surface area contributed by atoms with Crippen LogP contribution in [-0.4, -0.2) is 81.9 Å². The number of aliphatic hydroxyl groups is 1. The predicted molar refractivity (Wildman–Crippen MR) is 99.0 cm³/mol. The van der Waals surface area contributed by atoms with Gasteiger partial charge in [0.25, 0.3) is 0 Å². The van der Waals surface area contributed by atoms with Crippen molar-refractivity contribution in [3.05, 3.63) is 29.8 Å². The van der Waals surface area contributed by atoms with Gasteiger partial charge in [-0.15, -0.1) is 0 Å². The third-order valence-electron chi connectivity index (χ3n) is 4.34. The summed E-state index contributed by atoms with van der Waals surface area (Å²) in [5, 5.41) is 13.8. The van der Waals surface area contributed by atoms with Crippen molar-refractivity contribution in [2.75, 3.05) is 65.0 Å². The lowest BCUT2D eigenvalue weighted by Gasteiger charge is -2.35. The molecule has 1 saturated heterocycles. The molecule has 1 fully saturated rings. The zero-order chi connectivity index (χ0) is 18.9. The number of morpholine rings is 1. The fourth-order valence-electron chi connectivity index (χ4n) is 2.86. The van der Waals surface area contributed by atoms with Crippen LogP contribution in [0.1, 0.15) is 11.6 Å². The van der Waals surface area contributed by atoms with Gasteiger partial charge in [0, 0.05) is 46.0 Å². The first-order valence-electron chi connectivity index (χ1n) is 8.79. The van der Waals surface area contributed by atoms with Gasteiger partial charge in [0.15, 0.2) is 0 Å². The molecule has 0 unspecified atom stereocenters. The fraction of sp³-hybridized carbons (Fsp3) is 0.556. The summed E-state index contributed by atoms with van der Waals surface area (Å²) < 4.78 is 5.42. The first-order chi connectivity index (χ1) is 12.5. The van der Waals surface area contributed by atoms with Crippen molar-refractivity contribution in [1.82, 2.24) is 15.5 Å². The minimum absolute atomic E-state index is 0.0373. The van der Waals surface area contributed by atoms with Crippen LogP contribution in [0.4, 0.5) is 5.69 Å². The molecule has 1 atom stereocenters. The molecule has 0 aromatic heterocycles. The molecule has 26 heavy (non-hydrogen) atoms. The summed E-state index contributed by atoms with van der Waals surface area (Å²) >= 11 is 0. The molecule has 8 nitrogen and oxygen atoms in total. The Kier molecular flexibility index (Phi) is 7.83. The number of rotatable bonds is 7. The molecule has 8 heteroatoms. The number of anilines is 1. The van der Waals surface area contributed by atoms with E-state index in [1.807, 2.05) is 43.3 Å². The summed E-state index contributed by atoms with van der Waals surface area (Å²) in [6.07, 6.45) is 0. The van der Waals surface area contributed by atoms with Crippen LogP contribution in [0.3, 0.4) is 0 Å². The van der Waals surface area contributed by atoms with Crippen molar-refractivity contribution in [3.63, 3.8) is 0 Å². The number of nitrogens with one attached hydrogen (secondary N) is 2. The fourth-order valence-corrected chi connectivity index (χ4v) is 2.86. The lowest BCUT2D eigenvalue weighted by molar-refractivity contribution is -0.139. The summed E-state index contributed by atoms with van der Waals surface area (Å²) in [6.45, 7) is 3.03. The van der Waals surface area contributed by atoms with E-state index in [2.05, 4.69) is 15.5 Å². The highest BCUT2D eigenvalue weighted by atomic mass is 16.5. The third-order valence-corrected chi connectivity index (χ3v) is 4.34. The quantitative estimate of drug-likeness (QED) is 0.557. The van der Waals surface area contributed by atoms with E-state index >= 15 is 0 Å². The van der Waals surface area contributed by atoms with E-state index < -0.39 is 11.8 Å². The summed E-state index contributed by atoms with van der Waals surface area (Å²) in [4.78, 5) is 27.9. The van der Waals surface area contributed by atoms with Gasteiger partial charge in [-0.1, -0.05) is 12.1 Å². The number of ether oxygens (including phenoxy) is 1. The zero-order valence-electron chi connectivity index (χ0n) is 15.4. The molecule has 144 valence electrons. The second-order valence-corrected chi connectivity index (χ2v) is 6.34. The van der Waals surface area contributed by atoms with Gasteiger partial charge in [0.05, 0.1) is 25.9 Å². The van der Waals surface area contributed by atoms with Gasteiger partial charge < -0.3 is 25.4 Å². The Labute approximate surface area is 154 Å². The number of hydrogen-bond acceptors (Lipinski definition) is 6. The second-order valence-electron chi connectivity index (χ2n) is 6.34. The molecule has 1 aromatic rings. The average Bonchev–Trinajstić information content (AvgIpc) is 2.67. The van der Waals surface area contributed by atoms with Crippen molar-refractivity contribution in [2.24, 2.45) is 0 Å². The summed E-state index contributed by atoms with van der Waals surface area (Å²) in [6, 6.07) is 8.14. The second kappa shape index (κ2) is 10.1. The Morgan fingerprint density at radius 2 is 1.77 bits per heavy atom. The number of carbonyl (C=O) groups excluding carboxylic acids is 2. The van der Waals surface area contributed by atoms with Crippen LogP contribution in [-0.2, 0) is 14.3 Å². The minimum Gasteiger partial charge on any atom is -0.395 e. The molecule has 0 saturated carbocycles. The smallest absolute Gasteiger partial charge is 0.309 e. The van der Waals surface area contributed by atoms with Gasteiger partial charge in [-0.2, -0.15) is 0 Å². The van der Waals surface area contributed by atoms with Gasteiger partial charge in [0.1, 0.15) is 0 Å². The maximum Gasteiger partial charge on any atom is 0.309 e. The summed E-state index contributed by atoms with van der Waals surface area (Å²) in [5.41, 5.74) is 2.18. The number of benzene rings is 1. The van der Waals surface area contributed by atoms with Crippen molar-refractivity contribution < 1.29 is 19.4 Å². The lowest BCUT2D eigenvalue weighted by atomic mass is 10.0. The number of amides is 2. The zero-order valence-corrected chi connectivity index (χ0v) is 15.4. The van der Waals surface area contributed by atoms with Crippen molar-refractivity contribution in [3.8, 4) is 0 Å². The maximum absolute atomic E-state index is 12.0. The van der Waals surface area contributed by atoms with Crippen LogP contribution in [0.15, 0.2) is 24.3 Å². The molecule has 0 radical (unpaired) electrons. The molecule has 2 rings (SSSR count). The minimum atomic E-state index is -0.734. The predicted octanol–water partition coefficient (Wildman–Crippen LogP) is -0.649. The molecule has 2 amide bonds. The van der Waals surface area contributed by atoms with E-state index in [4.69, 9.17) is 9.84 Å². The molecule has 3 N–H and O–H groups in total. The van der Waals surface area contributed by atoms with Gasteiger partial charge in [-0.05, 0) is 17.7 Å². The molecule has 1 aliphatic heterocycles. The van der Waals surface area contributed by atoms with Crippen molar-refractivity contribution >= 4 is 17.5 Å². The summed E-state index contributed by atoms with van der Waals surface area (Å²) in [7, 11) is 3.97. The van der Waals surface area contributed by atoms with E-state index in [1.54, 1.807) is 0 Å². The van der Waals surface area contributed by atoms with Crippen LogP contribution in [0.2, 0.25) is 0 Å². The van der Waals surface area contributed by atoms with E-state index in [0.29, 0.717) is 19.8 Å². The van der Waals surface area contributed by atoms with E-state index in [0.717, 1.165) is 24.3 Å². The number of nitrogens with zero attached hydrogens (tertiary/aromatic N) is 2. The maximum atomic E-state index is 12.0. The van der Waals surface area contributed by atoms with Crippen molar-refractivity contribution in [2.45, 2.75) is 6.04 Å². The highest BCUT2D eigenvalue weighted by molar-refractivity contribution is 6.35. The Balaban J connectivity index is 2.06. The number of carbonyl (C=O) groups is 2. The first-order valence-corrected chi connectivity index (χ1v) is 8.79. The molecule has 1 heterocycles. The Hall–Kier alpha value is -2.16. The van der Waals surface area contributed by atoms with E-state index in [-0.39, 0.29) is 19.2 Å². The lowest BCUT2D eigenvalue weighted by Crippen LogP contribution is -2.47. The largest absolute Gasteiger partial charge is 0.395 e. The number of aliphatic hydroxyl groups excluding tert-OH is 1. The SMILES string of the molecule is CN(C)c1ccc([C@@H](CNC(=O)C(=O)NCCO)N2CCOCC2)cc1. The monoisotopic (exact) mass is 364 g/mol. The van der Waals surface area contributed by atoms with Crippen LogP contribution in [0.5, 0.6) is 0 Å². The van der Waals surface area contributed by atoms with Crippen LogP contribution < -0.4 is 15.5 Å². The van der Waals surface area contributed by atoms with Gasteiger partial charge >= 0.3 is 11.8 Å². The third kappa shape index (κ3) is 5.69. The molecular weight excluding hydrogens is 336 g/mol. The van der Waals surface area contributed by atoms with E-state index in [9.17, 15) is 9.59 Å². The molecular formula is C18H28N4O4. The molecule has 1 aliphatic rings. The molecule has 1 aromatic carbocycles. The molecule has 0 aliphatic carbocycles. The average molecular weight is 364 g/mol. The van der Waals surface area contributed by atoms with Crippen LogP contribution >= 0.6 is 0 Å². The Bertz CT molecular complexity index is 585.